The van der Waals surface area contributed by atoms with Crippen LogP contribution in [0, 0.1) is 17.8 Å². The first kappa shape index (κ1) is 11.6. The number of hydrogen-bond acceptors (Lipinski definition) is 1. The zero-order chi connectivity index (χ0) is 11.5. The molecule has 2 aliphatic rings. The van der Waals surface area contributed by atoms with Gasteiger partial charge < -0.3 is 5.11 Å². The quantitative estimate of drug-likeness (QED) is 0.782. The fraction of sp³-hybridized carbons (Fsp3) is 0.769. The molecule has 1 N–H and O–H groups in total. The standard InChI is InChI=1S/C13H19FO2/c14-12-7-5-10(6-8-12)9-1-3-11(4-2-9)13(15)16/h7,9-11H,1-6,8H2,(H,15,16)/t9-,10?,11-. The van der Waals surface area contributed by atoms with Crippen molar-refractivity contribution in [3.63, 3.8) is 0 Å². The Bertz CT molecular complexity index is 290. The second-order valence-electron chi connectivity index (χ2n) is 5.14. The predicted molar refractivity (Wildman–Crippen MR) is 59.6 cm³/mol. The molecule has 1 fully saturated rings. The van der Waals surface area contributed by atoms with E-state index in [4.69, 9.17) is 5.11 Å². The first-order valence-corrected chi connectivity index (χ1v) is 6.24. The third kappa shape index (κ3) is 2.63. The van der Waals surface area contributed by atoms with E-state index >= 15 is 0 Å². The minimum atomic E-state index is -0.645. The summed E-state index contributed by atoms with van der Waals surface area (Å²) in [6.07, 6.45) is 7.75. The van der Waals surface area contributed by atoms with Crippen molar-refractivity contribution in [1.29, 1.82) is 0 Å². The van der Waals surface area contributed by atoms with Gasteiger partial charge in [0.2, 0.25) is 0 Å². The molecule has 0 aromatic rings. The summed E-state index contributed by atoms with van der Waals surface area (Å²) in [7, 11) is 0. The molecule has 2 nitrogen and oxygen atoms in total. The predicted octanol–water partition coefficient (Wildman–Crippen LogP) is 3.53. The monoisotopic (exact) mass is 226 g/mol. The topological polar surface area (TPSA) is 37.3 Å². The van der Waals surface area contributed by atoms with Crippen molar-refractivity contribution < 1.29 is 14.3 Å². The Labute approximate surface area is 95.5 Å². The Morgan fingerprint density at radius 2 is 1.88 bits per heavy atom. The maximum absolute atomic E-state index is 12.9. The molecule has 16 heavy (non-hydrogen) atoms. The van der Waals surface area contributed by atoms with Gasteiger partial charge in [0.05, 0.1) is 11.7 Å². The minimum absolute atomic E-state index is 0.0375. The summed E-state index contributed by atoms with van der Waals surface area (Å²) in [5.41, 5.74) is 0. The molecule has 1 atom stereocenters. The van der Waals surface area contributed by atoms with Crippen molar-refractivity contribution in [3.05, 3.63) is 11.9 Å². The summed E-state index contributed by atoms with van der Waals surface area (Å²) in [4.78, 5) is 10.8. The fourth-order valence-electron chi connectivity index (χ4n) is 3.09. The smallest absolute Gasteiger partial charge is 0.306 e. The molecule has 0 heterocycles. The van der Waals surface area contributed by atoms with Crippen molar-refractivity contribution in [3.8, 4) is 0 Å². The number of carboxylic acid groups (broad SMARTS) is 1. The van der Waals surface area contributed by atoms with E-state index in [0.29, 0.717) is 18.3 Å². The van der Waals surface area contributed by atoms with Crippen LogP contribution in [0.3, 0.4) is 0 Å². The van der Waals surface area contributed by atoms with E-state index in [2.05, 4.69) is 0 Å². The van der Waals surface area contributed by atoms with Gasteiger partial charge in [0.25, 0.3) is 0 Å². The normalized spacial score (nSPS) is 35.6. The lowest BCUT2D eigenvalue weighted by atomic mass is 9.72. The van der Waals surface area contributed by atoms with Gasteiger partial charge in [0, 0.05) is 0 Å². The SMILES string of the molecule is O=C(O)[C@H]1CC[C@H](C2CC=C(F)CC2)CC1. The highest BCUT2D eigenvalue weighted by molar-refractivity contribution is 5.69. The minimum Gasteiger partial charge on any atom is -0.481 e. The molecule has 0 saturated heterocycles. The van der Waals surface area contributed by atoms with Crippen molar-refractivity contribution >= 4 is 5.97 Å². The van der Waals surface area contributed by atoms with Gasteiger partial charge in [0.1, 0.15) is 0 Å². The van der Waals surface area contributed by atoms with Gasteiger partial charge in [-0.05, 0) is 56.8 Å². The van der Waals surface area contributed by atoms with Gasteiger partial charge in [-0.15, -0.1) is 0 Å². The molecule has 0 spiro atoms. The van der Waals surface area contributed by atoms with Gasteiger partial charge in [-0.25, -0.2) is 4.39 Å². The maximum Gasteiger partial charge on any atom is 0.306 e. The van der Waals surface area contributed by atoms with Crippen molar-refractivity contribution in [2.75, 3.05) is 0 Å². The Morgan fingerprint density at radius 3 is 2.38 bits per heavy atom. The summed E-state index contributed by atoms with van der Waals surface area (Å²) < 4.78 is 12.9. The lowest BCUT2D eigenvalue weighted by Crippen LogP contribution is -2.26. The average Bonchev–Trinajstić information content (AvgIpc) is 2.30. The van der Waals surface area contributed by atoms with Gasteiger partial charge in [-0.3, -0.25) is 4.79 Å². The van der Waals surface area contributed by atoms with Crippen LogP contribution >= 0.6 is 0 Å². The van der Waals surface area contributed by atoms with E-state index in [-0.39, 0.29) is 11.7 Å². The van der Waals surface area contributed by atoms with E-state index in [9.17, 15) is 9.18 Å². The summed E-state index contributed by atoms with van der Waals surface area (Å²) in [5.74, 6) is 0.477. The zero-order valence-electron chi connectivity index (χ0n) is 9.49. The first-order chi connectivity index (χ1) is 7.66. The molecule has 0 aromatic heterocycles. The largest absolute Gasteiger partial charge is 0.481 e. The molecule has 2 rings (SSSR count). The Kier molecular flexibility index (Phi) is 3.62. The molecule has 0 amide bonds. The van der Waals surface area contributed by atoms with Crippen LogP contribution in [0.1, 0.15) is 44.9 Å². The van der Waals surface area contributed by atoms with Crippen LogP contribution in [-0.2, 0) is 4.79 Å². The van der Waals surface area contributed by atoms with Crippen LogP contribution in [-0.4, -0.2) is 11.1 Å². The third-order valence-corrected chi connectivity index (χ3v) is 4.18. The zero-order valence-corrected chi connectivity index (χ0v) is 9.49. The molecular formula is C13H19FO2. The van der Waals surface area contributed by atoms with E-state index in [1.807, 2.05) is 0 Å². The van der Waals surface area contributed by atoms with Crippen LogP contribution in [0.4, 0.5) is 4.39 Å². The molecule has 1 unspecified atom stereocenters. The summed E-state index contributed by atoms with van der Waals surface area (Å²) >= 11 is 0. The number of allylic oxidation sites excluding steroid dienone is 2. The molecule has 3 heteroatoms. The lowest BCUT2D eigenvalue weighted by molar-refractivity contribution is -0.143. The van der Waals surface area contributed by atoms with Crippen LogP contribution < -0.4 is 0 Å². The Morgan fingerprint density at radius 1 is 1.19 bits per heavy atom. The third-order valence-electron chi connectivity index (χ3n) is 4.18. The number of aliphatic carboxylic acids is 1. The van der Waals surface area contributed by atoms with Gasteiger partial charge in [-0.1, -0.05) is 6.08 Å². The molecule has 0 bridgehead atoms. The summed E-state index contributed by atoms with van der Waals surface area (Å²) in [5, 5.41) is 8.91. The number of carbonyl (C=O) groups is 1. The summed E-state index contributed by atoms with van der Waals surface area (Å²) in [6.45, 7) is 0. The molecular weight excluding hydrogens is 207 g/mol. The Hall–Kier alpha value is -0.860. The van der Waals surface area contributed by atoms with Crippen LogP contribution in [0.15, 0.2) is 11.9 Å². The molecule has 90 valence electrons. The highest BCUT2D eigenvalue weighted by atomic mass is 19.1. The highest BCUT2D eigenvalue weighted by Gasteiger charge is 2.31. The van der Waals surface area contributed by atoms with Crippen LogP contribution in [0.25, 0.3) is 0 Å². The molecule has 0 aromatic carbocycles. The second kappa shape index (κ2) is 4.98. The molecule has 1 saturated carbocycles. The van der Waals surface area contributed by atoms with E-state index in [0.717, 1.165) is 38.5 Å². The second-order valence-corrected chi connectivity index (χ2v) is 5.14. The number of rotatable bonds is 2. The van der Waals surface area contributed by atoms with E-state index in [1.54, 1.807) is 6.08 Å². The van der Waals surface area contributed by atoms with Crippen molar-refractivity contribution in [2.24, 2.45) is 17.8 Å². The van der Waals surface area contributed by atoms with Crippen LogP contribution in [0.5, 0.6) is 0 Å². The molecule has 2 aliphatic carbocycles. The Balaban J connectivity index is 1.83. The molecule has 0 radical (unpaired) electrons. The van der Waals surface area contributed by atoms with Crippen molar-refractivity contribution in [2.45, 2.75) is 44.9 Å². The highest BCUT2D eigenvalue weighted by Crippen LogP contribution is 2.39. The van der Waals surface area contributed by atoms with Gasteiger partial charge in [-0.2, -0.15) is 0 Å². The van der Waals surface area contributed by atoms with Crippen LogP contribution in [0.2, 0.25) is 0 Å². The fourth-order valence-corrected chi connectivity index (χ4v) is 3.09. The maximum atomic E-state index is 12.9. The average molecular weight is 226 g/mol. The number of halogens is 1. The number of carboxylic acids is 1. The van der Waals surface area contributed by atoms with E-state index < -0.39 is 5.97 Å². The van der Waals surface area contributed by atoms with E-state index in [1.165, 1.54) is 0 Å². The van der Waals surface area contributed by atoms with Gasteiger partial charge in [0.15, 0.2) is 0 Å². The number of hydrogen-bond donors (Lipinski definition) is 1. The first-order valence-electron chi connectivity index (χ1n) is 6.24. The van der Waals surface area contributed by atoms with Gasteiger partial charge >= 0.3 is 5.97 Å². The summed E-state index contributed by atoms with van der Waals surface area (Å²) in [6, 6.07) is 0. The lowest BCUT2D eigenvalue weighted by Gasteiger charge is -2.33. The molecule has 0 aliphatic heterocycles. The van der Waals surface area contributed by atoms with Crippen molar-refractivity contribution in [1.82, 2.24) is 0 Å².